The number of amides is 2. The second-order valence-corrected chi connectivity index (χ2v) is 6.13. The lowest BCUT2D eigenvalue weighted by Gasteiger charge is -2.12. The number of benzene rings is 1. The van der Waals surface area contributed by atoms with E-state index < -0.39 is 0 Å². The first kappa shape index (κ1) is 16.2. The smallest absolute Gasteiger partial charge is 0.251 e. The Labute approximate surface area is 133 Å². The molecule has 0 aliphatic rings. The molecular formula is C16H18N2O3S. The maximum Gasteiger partial charge on any atom is 0.251 e. The van der Waals surface area contributed by atoms with E-state index in [0.717, 1.165) is 10.7 Å². The number of anilines is 1. The molecule has 0 spiro atoms. The molecule has 0 fully saturated rings. The summed E-state index contributed by atoms with van der Waals surface area (Å²) in [7, 11) is 1.57. The molecule has 22 heavy (non-hydrogen) atoms. The van der Waals surface area contributed by atoms with Crippen LogP contribution in [0.3, 0.4) is 0 Å². The van der Waals surface area contributed by atoms with Crippen molar-refractivity contribution in [2.45, 2.75) is 24.0 Å². The van der Waals surface area contributed by atoms with Crippen LogP contribution in [0.1, 0.15) is 23.0 Å². The second kappa shape index (κ2) is 7.17. The first-order valence-corrected chi connectivity index (χ1v) is 7.73. The Morgan fingerprint density at radius 3 is 2.68 bits per heavy atom. The summed E-state index contributed by atoms with van der Waals surface area (Å²) in [5, 5.41) is 5.10. The first-order valence-electron chi connectivity index (χ1n) is 6.85. The van der Waals surface area contributed by atoms with Gasteiger partial charge in [0.05, 0.1) is 11.5 Å². The molecule has 5 nitrogen and oxygen atoms in total. The van der Waals surface area contributed by atoms with Crippen molar-refractivity contribution in [3.05, 3.63) is 47.9 Å². The molecule has 0 aliphatic carbocycles. The zero-order valence-corrected chi connectivity index (χ0v) is 13.5. The van der Waals surface area contributed by atoms with Gasteiger partial charge in [0.15, 0.2) is 0 Å². The zero-order chi connectivity index (χ0) is 16.1. The Morgan fingerprint density at radius 1 is 1.27 bits per heavy atom. The highest BCUT2D eigenvalue weighted by Crippen LogP contribution is 2.28. The van der Waals surface area contributed by atoms with Crippen LogP contribution in [0.4, 0.5) is 5.69 Å². The summed E-state index contributed by atoms with van der Waals surface area (Å²) in [5.41, 5.74) is 1.11. The van der Waals surface area contributed by atoms with Crippen LogP contribution in [0.25, 0.3) is 0 Å². The second-order valence-electron chi connectivity index (χ2n) is 4.75. The molecule has 0 radical (unpaired) electrons. The minimum Gasteiger partial charge on any atom is -0.468 e. The average Bonchev–Trinajstić information content (AvgIpc) is 2.91. The molecule has 0 unspecified atom stereocenters. The first-order chi connectivity index (χ1) is 10.5. The van der Waals surface area contributed by atoms with E-state index in [1.54, 1.807) is 37.6 Å². The number of aryl methyl sites for hydroxylation is 1. The molecule has 0 bridgehead atoms. The summed E-state index contributed by atoms with van der Waals surface area (Å²) in [6, 6.07) is 8.68. The van der Waals surface area contributed by atoms with Crippen molar-refractivity contribution < 1.29 is 14.0 Å². The van der Waals surface area contributed by atoms with Crippen LogP contribution in [-0.2, 0) is 4.79 Å². The molecule has 6 heteroatoms. The summed E-state index contributed by atoms with van der Waals surface area (Å²) in [6.07, 6.45) is 1.61. The van der Waals surface area contributed by atoms with Crippen molar-refractivity contribution >= 4 is 29.3 Å². The van der Waals surface area contributed by atoms with Crippen LogP contribution in [0.2, 0.25) is 0 Å². The number of thioether (sulfide) groups is 1. The minimum absolute atomic E-state index is 0.125. The summed E-state index contributed by atoms with van der Waals surface area (Å²) in [6.45, 7) is 3.69. The van der Waals surface area contributed by atoms with Gasteiger partial charge in [0, 0.05) is 23.2 Å². The summed E-state index contributed by atoms with van der Waals surface area (Å²) in [4.78, 5) is 24.8. The fourth-order valence-electron chi connectivity index (χ4n) is 1.87. The zero-order valence-electron chi connectivity index (χ0n) is 12.7. The van der Waals surface area contributed by atoms with Crippen LogP contribution in [-0.4, -0.2) is 24.1 Å². The third-order valence-corrected chi connectivity index (χ3v) is 4.35. The summed E-state index contributed by atoms with van der Waals surface area (Å²) >= 11 is 1.43. The van der Waals surface area contributed by atoms with Crippen molar-refractivity contribution in [1.82, 2.24) is 5.32 Å². The van der Waals surface area contributed by atoms with E-state index >= 15 is 0 Å². The molecule has 2 amide bonds. The van der Waals surface area contributed by atoms with Gasteiger partial charge in [0.25, 0.3) is 5.91 Å². The molecule has 116 valence electrons. The van der Waals surface area contributed by atoms with Gasteiger partial charge < -0.3 is 15.1 Å². The molecule has 0 saturated carbocycles. The maximum atomic E-state index is 12.2. The van der Waals surface area contributed by atoms with Crippen LogP contribution in [0.5, 0.6) is 0 Å². The van der Waals surface area contributed by atoms with E-state index in [0.29, 0.717) is 11.3 Å². The van der Waals surface area contributed by atoms with Crippen LogP contribution in [0, 0.1) is 6.92 Å². The van der Waals surface area contributed by atoms with Crippen molar-refractivity contribution in [2.75, 3.05) is 12.4 Å². The van der Waals surface area contributed by atoms with Crippen molar-refractivity contribution in [3.8, 4) is 0 Å². The fourth-order valence-corrected chi connectivity index (χ4v) is 2.76. The Hall–Kier alpha value is -2.21. The number of furan rings is 1. The Balaban J connectivity index is 2.02. The lowest BCUT2D eigenvalue weighted by Crippen LogP contribution is -2.23. The van der Waals surface area contributed by atoms with Gasteiger partial charge in [-0.2, -0.15) is 0 Å². The van der Waals surface area contributed by atoms with Gasteiger partial charge in [-0.25, -0.2) is 0 Å². The highest BCUT2D eigenvalue weighted by molar-refractivity contribution is 8.00. The number of carbonyl (C=O) groups is 2. The van der Waals surface area contributed by atoms with Gasteiger partial charge in [-0.1, -0.05) is 6.07 Å². The number of hydrogen-bond acceptors (Lipinski definition) is 4. The molecular weight excluding hydrogens is 300 g/mol. The van der Waals surface area contributed by atoms with Gasteiger partial charge in [-0.05, 0) is 38.1 Å². The van der Waals surface area contributed by atoms with E-state index in [1.807, 2.05) is 19.9 Å². The number of carbonyl (C=O) groups excluding carboxylic acids is 2. The van der Waals surface area contributed by atoms with Crippen LogP contribution < -0.4 is 10.6 Å². The Morgan fingerprint density at radius 2 is 2.05 bits per heavy atom. The molecule has 0 saturated heterocycles. The monoisotopic (exact) mass is 318 g/mol. The largest absolute Gasteiger partial charge is 0.468 e. The maximum absolute atomic E-state index is 12.2. The van der Waals surface area contributed by atoms with Gasteiger partial charge in [-0.15, -0.1) is 11.8 Å². The third kappa shape index (κ3) is 3.92. The molecule has 1 aromatic carbocycles. The molecule has 2 aromatic rings. The summed E-state index contributed by atoms with van der Waals surface area (Å²) in [5.74, 6) is 0.485. The average molecular weight is 318 g/mol. The highest BCUT2D eigenvalue weighted by Gasteiger charge is 2.17. The van der Waals surface area contributed by atoms with Crippen molar-refractivity contribution in [2.24, 2.45) is 0 Å². The molecule has 1 heterocycles. The SMILES string of the molecule is CNC(=O)c1cccc(NC(=O)[C@H](C)Sc2ccoc2C)c1. The lowest BCUT2D eigenvalue weighted by molar-refractivity contribution is -0.115. The van der Waals surface area contributed by atoms with E-state index in [1.165, 1.54) is 11.8 Å². The molecule has 0 aliphatic heterocycles. The number of hydrogen-bond donors (Lipinski definition) is 2. The normalized spacial score (nSPS) is 11.8. The fraction of sp³-hybridized carbons (Fsp3) is 0.250. The number of rotatable bonds is 5. The van der Waals surface area contributed by atoms with Gasteiger partial charge in [0.1, 0.15) is 5.76 Å². The standard InChI is InChI=1S/C16H18N2O3S/c1-10-14(7-8-21-10)22-11(2)15(19)18-13-6-4-5-12(9-13)16(20)17-3/h4-9,11H,1-3H3,(H,17,20)(H,18,19)/t11-/m0/s1. The van der Waals surface area contributed by atoms with Gasteiger partial charge >= 0.3 is 0 Å². The van der Waals surface area contributed by atoms with Gasteiger partial charge in [0.2, 0.25) is 5.91 Å². The lowest BCUT2D eigenvalue weighted by atomic mass is 10.2. The van der Waals surface area contributed by atoms with Crippen molar-refractivity contribution in [3.63, 3.8) is 0 Å². The highest BCUT2D eigenvalue weighted by atomic mass is 32.2. The predicted molar refractivity (Wildman–Crippen MR) is 87.2 cm³/mol. The number of nitrogens with one attached hydrogen (secondary N) is 2. The quantitative estimate of drug-likeness (QED) is 0.831. The molecule has 2 N–H and O–H groups in total. The topological polar surface area (TPSA) is 71.3 Å². The summed E-state index contributed by atoms with van der Waals surface area (Å²) < 4.78 is 5.22. The van der Waals surface area contributed by atoms with Crippen LogP contribution in [0.15, 0.2) is 45.9 Å². The Kier molecular flexibility index (Phi) is 5.27. The predicted octanol–water partition coefficient (Wildman–Crippen LogP) is 3.07. The molecule has 1 aromatic heterocycles. The minimum atomic E-state index is -0.278. The van der Waals surface area contributed by atoms with Gasteiger partial charge in [-0.3, -0.25) is 9.59 Å². The van der Waals surface area contributed by atoms with E-state index in [2.05, 4.69) is 10.6 Å². The van der Waals surface area contributed by atoms with E-state index in [9.17, 15) is 9.59 Å². The van der Waals surface area contributed by atoms with E-state index in [4.69, 9.17) is 4.42 Å². The Bertz CT molecular complexity index is 682. The van der Waals surface area contributed by atoms with E-state index in [-0.39, 0.29) is 17.1 Å². The van der Waals surface area contributed by atoms with Crippen molar-refractivity contribution in [1.29, 1.82) is 0 Å². The van der Waals surface area contributed by atoms with Crippen LogP contribution >= 0.6 is 11.8 Å². The molecule has 2 rings (SSSR count). The molecule has 1 atom stereocenters. The third-order valence-electron chi connectivity index (χ3n) is 3.10.